The maximum atomic E-state index is 9.88. The Kier molecular flexibility index (Phi) is 17.8. The highest BCUT2D eigenvalue weighted by Crippen LogP contribution is 1.92. The summed E-state index contributed by atoms with van der Waals surface area (Å²) in [5, 5.41) is 8.31. The van der Waals surface area contributed by atoms with E-state index in [-0.39, 0.29) is 26.4 Å². The third-order valence-electron chi connectivity index (χ3n) is 2.91. The Morgan fingerprint density at radius 2 is 1.11 bits per heavy atom. The maximum absolute atomic E-state index is 9.88. The van der Waals surface area contributed by atoms with Crippen LogP contribution in [-0.2, 0) is 24.6 Å². The minimum absolute atomic E-state index is 0.0141. The molecule has 7 heteroatoms. The predicted molar refractivity (Wildman–Crippen MR) is 107 cm³/mol. The van der Waals surface area contributed by atoms with Gasteiger partial charge in [-0.2, -0.15) is 0 Å². The fraction of sp³-hybridized carbons (Fsp3) is 0.400. The topological polar surface area (TPSA) is 82.1 Å². The summed E-state index contributed by atoms with van der Waals surface area (Å²) >= 11 is 0. The van der Waals surface area contributed by atoms with Crippen LogP contribution in [0.5, 0.6) is 0 Å². The molecule has 0 saturated carbocycles. The molecule has 0 unspecified atom stereocenters. The molecule has 0 saturated heterocycles. The molecule has 0 bridgehead atoms. The van der Waals surface area contributed by atoms with Gasteiger partial charge in [-0.15, -0.1) is 0 Å². The minimum atomic E-state index is -2.78. The van der Waals surface area contributed by atoms with Gasteiger partial charge in [0, 0.05) is 0 Å². The maximum Gasteiger partial charge on any atom is 0.257 e. The Morgan fingerprint density at radius 3 is 1.44 bits per heavy atom. The molecule has 0 spiro atoms. The van der Waals surface area contributed by atoms with E-state index in [0.29, 0.717) is 13.2 Å². The van der Waals surface area contributed by atoms with Crippen LogP contribution in [0, 0.1) is 13.8 Å². The SMILES string of the molecule is Cc1ccccc1.Cc1ccccc1.O=[SH](=O)OCCOCCOCCO. The summed E-state index contributed by atoms with van der Waals surface area (Å²) in [5.41, 5.74) is 2.64. The van der Waals surface area contributed by atoms with Gasteiger partial charge in [0.15, 0.2) is 0 Å². The normalized spacial score (nSPS) is 9.78. The molecule has 6 nitrogen and oxygen atoms in total. The van der Waals surface area contributed by atoms with E-state index < -0.39 is 11.0 Å². The molecule has 2 aromatic carbocycles. The van der Waals surface area contributed by atoms with Gasteiger partial charge in [0.05, 0.1) is 39.6 Å². The van der Waals surface area contributed by atoms with Gasteiger partial charge in [0.2, 0.25) is 0 Å². The van der Waals surface area contributed by atoms with Crippen LogP contribution >= 0.6 is 0 Å². The number of hydrogen-bond acceptors (Lipinski definition) is 6. The number of aliphatic hydroxyl groups excluding tert-OH is 1. The average Bonchev–Trinajstić information content (AvgIpc) is 2.66. The Morgan fingerprint density at radius 1 is 0.704 bits per heavy atom. The van der Waals surface area contributed by atoms with Crippen LogP contribution in [0.1, 0.15) is 11.1 Å². The number of hydrogen-bond donors (Lipinski definition) is 2. The van der Waals surface area contributed by atoms with Crippen LogP contribution in [0.15, 0.2) is 60.7 Å². The molecule has 152 valence electrons. The van der Waals surface area contributed by atoms with Gasteiger partial charge in [-0.1, -0.05) is 71.8 Å². The number of ether oxygens (including phenoxy) is 2. The number of rotatable bonds is 9. The van der Waals surface area contributed by atoms with Gasteiger partial charge in [-0.25, -0.2) is 8.42 Å². The van der Waals surface area contributed by atoms with Gasteiger partial charge < -0.3 is 14.6 Å². The van der Waals surface area contributed by atoms with Crippen molar-refractivity contribution in [1.29, 1.82) is 0 Å². The van der Waals surface area contributed by atoms with E-state index in [2.05, 4.69) is 42.3 Å². The fourth-order valence-corrected chi connectivity index (χ4v) is 1.85. The molecule has 0 radical (unpaired) electrons. The van der Waals surface area contributed by atoms with Crippen LogP contribution in [0.4, 0.5) is 0 Å². The van der Waals surface area contributed by atoms with E-state index in [9.17, 15) is 8.42 Å². The average molecular weight is 399 g/mol. The lowest BCUT2D eigenvalue weighted by molar-refractivity contribution is 0.0256. The summed E-state index contributed by atoms with van der Waals surface area (Å²) < 4.78 is 33.8. The molecule has 0 aliphatic rings. The van der Waals surface area contributed by atoms with Gasteiger partial charge in [0.25, 0.3) is 11.0 Å². The largest absolute Gasteiger partial charge is 0.394 e. The molecule has 0 aromatic heterocycles. The molecule has 0 heterocycles. The van der Waals surface area contributed by atoms with Crippen molar-refractivity contribution in [2.45, 2.75) is 13.8 Å². The van der Waals surface area contributed by atoms with Crippen molar-refractivity contribution in [2.75, 3.05) is 39.6 Å². The number of thiol groups is 1. The van der Waals surface area contributed by atoms with Crippen molar-refractivity contribution >= 4 is 11.0 Å². The monoisotopic (exact) mass is 398 g/mol. The highest BCUT2D eigenvalue weighted by atomic mass is 32.2. The highest BCUT2D eigenvalue weighted by molar-refractivity contribution is 7.67. The number of benzene rings is 2. The van der Waals surface area contributed by atoms with Crippen molar-refractivity contribution in [3.05, 3.63) is 71.8 Å². The van der Waals surface area contributed by atoms with E-state index in [1.165, 1.54) is 11.1 Å². The molecular weight excluding hydrogens is 368 g/mol. The molecule has 0 aliphatic heterocycles. The van der Waals surface area contributed by atoms with Gasteiger partial charge in [-0.05, 0) is 13.8 Å². The minimum Gasteiger partial charge on any atom is -0.394 e. The highest BCUT2D eigenvalue weighted by Gasteiger charge is 1.90. The van der Waals surface area contributed by atoms with Crippen LogP contribution in [-0.4, -0.2) is 53.2 Å². The van der Waals surface area contributed by atoms with E-state index >= 15 is 0 Å². The Hall–Kier alpha value is -1.77. The number of aryl methyl sites for hydroxylation is 2. The summed E-state index contributed by atoms with van der Waals surface area (Å²) in [6.07, 6.45) is 0. The molecule has 0 fully saturated rings. The molecule has 1 N–H and O–H groups in total. The zero-order chi connectivity index (χ0) is 20.2. The van der Waals surface area contributed by atoms with Crippen LogP contribution in [0.3, 0.4) is 0 Å². The van der Waals surface area contributed by atoms with Crippen molar-refractivity contribution < 1.29 is 27.2 Å². The van der Waals surface area contributed by atoms with E-state index in [1.54, 1.807) is 0 Å². The van der Waals surface area contributed by atoms with Gasteiger partial charge in [-0.3, -0.25) is 4.18 Å². The summed E-state index contributed by atoms with van der Waals surface area (Å²) in [5.74, 6) is 0. The van der Waals surface area contributed by atoms with Crippen molar-refractivity contribution in [3.63, 3.8) is 0 Å². The first-order valence-electron chi connectivity index (χ1n) is 8.63. The van der Waals surface area contributed by atoms with Crippen LogP contribution in [0.2, 0.25) is 0 Å². The van der Waals surface area contributed by atoms with Crippen LogP contribution in [0.25, 0.3) is 0 Å². The first-order valence-corrected chi connectivity index (χ1v) is 9.72. The lowest BCUT2D eigenvalue weighted by Gasteiger charge is -2.02. The lowest BCUT2D eigenvalue weighted by Crippen LogP contribution is -2.10. The van der Waals surface area contributed by atoms with Crippen LogP contribution < -0.4 is 0 Å². The molecule has 2 rings (SSSR count). The fourth-order valence-electron chi connectivity index (χ4n) is 1.63. The smallest absolute Gasteiger partial charge is 0.257 e. The second-order valence-electron chi connectivity index (χ2n) is 5.31. The molecule has 27 heavy (non-hydrogen) atoms. The van der Waals surface area contributed by atoms with Crippen molar-refractivity contribution in [2.24, 2.45) is 0 Å². The Labute approximate surface area is 163 Å². The van der Waals surface area contributed by atoms with Crippen molar-refractivity contribution in [3.8, 4) is 0 Å². The molecule has 2 aromatic rings. The first kappa shape index (κ1) is 25.2. The number of aliphatic hydroxyl groups is 1. The van der Waals surface area contributed by atoms with E-state index in [4.69, 9.17) is 14.6 Å². The zero-order valence-electron chi connectivity index (χ0n) is 16.0. The van der Waals surface area contributed by atoms with Gasteiger partial charge in [0.1, 0.15) is 0 Å². The third kappa shape index (κ3) is 20.4. The van der Waals surface area contributed by atoms with Crippen molar-refractivity contribution in [1.82, 2.24) is 0 Å². The third-order valence-corrected chi connectivity index (χ3v) is 3.31. The molecule has 0 atom stereocenters. The summed E-state index contributed by atoms with van der Waals surface area (Å²) in [4.78, 5) is 0. The second kappa shape index (κ2) is 19.0. The molecule has 0 amide bonds. The Bertz CT molecular complexity index is 571. The summed E-state index contributed by atoms with van der Waals surface area (Å²) in [6.45, 7) is 5.42. The van der Waals surface area contributed by atoms with E-state index in [0.717, 1.165) is 0 Å². The Balaban J connectivity index is 0.000000405. The summed E-state index contributed by atoms with van der Waals surface area (Å²) in [7, 11) is -2.78. The molecule has 0 aliphatic carbocycles. The van der Waals surface area contributed by atoms with E-state index in [1.807, 2.05) is 36.4 Å². The quantitative estimate of drug-likeness (QED) is 0.499. The lowest BCUT2D eigenvalue weighted by atomic mass is 10.2. The zero-order valence-corrected chi connectivity index (χ0v) is 16.8. The first-order chi connectivity index (χ1) is 13.1. The second-order valence-corrected chi connectivity index (χ2v) is 6.02. The summed E-state index contributed by atoms with van der Waals surface area (Å²) in [6, 6.07) is 20.5. The standard InChI is InChI=1S/2C7H8.C6H14O6S/c2*1-7-5-3-2-4-6-7;7-1-2-10-3-4-11-5-6-12-13(8)9/h2*2-6H,1H3;7,13H,1-6H2. The van der Waals surface area contributed by atoms with Gasteiger partial charge >= 0.3 is 0 Å². The molecular formula is C20H30O6S. The predicted octanol–water partition coefficient (Wildman–Crippen LogP) is 2.54.